The van der Waals surface area contributed by atoms with Crippen LogP contribution in [0.1, 0.15) is 15.9 Å². The maximum Gasteiger partial charge on any atom is 0.337 e. The van der Waals surface area contributed by atoms with Gasteiger partial charge >= 0.3 is 5.97 Å². The van der Waals surface area contributed by atoms with Gasteiger partial charge in [0.1, 0.15) is 0 Å². The highest BCUT2D eigenvalue weighted by Gasteiger charge is 2.11. The van der Waals surface area contributed by atoms with E-state index in [-0.39, 0.29) is 5.56 Å². The molecule has 72 valence electrons. The van der Waals surface area contributed by atoms with Crippen LogP contribution < -0.4 is 5.73 Å². The Morgan fingerprint density at radius 1 is 1.50 bits per heavy atom. The van der Waals surface area contributed by atoms with Crippen molar-refractivity contribution in [3.8, 4) is 0 Å². The van der Waals surface area contributed by atoms with Crippen LogP contribution in [0.4, 0.5) is 5.69 Å². The minimum atomic E-state index is -0.943. The van der Waals surface area contributed by atoms with Crippen molar-refractivity contribution >= 4 is 22.6 Å². The summed E-state index contributed by atoms with van der Waals surface area (Å²) in [6.45, 7) is 1.89. The van der Waals surface area contributed by atoms with Crippen LogP contribution in [0.15, 0.2) is 18.3 Å². The van der Waals surface area contributed by atoms with Crippen LogP contribution in [0.2, 0.25) is 0 Å². The van der Waals surface area contributed by atoms with Gasteiger partial charge in [0.25, 0.3) is 0 Å². The predicted octanol–water partition coefficient (Wildman–Crippen LogP) is 1.76. The highest BCUT2D eigenvalue weighted by molar-refractivity contribution is 6.04. The van der Waals surface area contributed by atoms with Crippen LogP contribution in [0.25, 0.3) is 10.9 Å². The molecule has 0 spiro atoms. The molecule has 2 rings (SSSR count). The Hall–Kier alpha value is -1.97. The topological polar surface area (TPSA) is 79.1 Å². The number of aromatic carboxylic acids is 1. The normalized spacial score (nSPS) is 10.6. The quantitative estimate of drug-likeness (QED) is 0.599. The largest absolute Gasteiger partial charge is 0.478 e. The summed E-state index contributed by atoms with van der Waals surface area (Å²) in [5.41, 5.74) is 8.27. The third kappa shape index (κ3) is 1.12. The van der Waals surface area contributed by atoms with Crippen LogP contribution in [0.3, 0.4) is 0 Å². The number of benzene rings is 1. The van der Waals surface area contributed by atoms with Gasteiger partial charge in [-0.2, -0.15) is 0 Å². The molecule has 1 heterocycles. The highest BCUT2D eigenvalue weighted by Crippen LogP contribution is 2.24. The zero-order chi connectivity index (χ0) is 10.3. The first kappa shape index (κ1) is 8.62. The van der Waals surface area contributed by atoms with Gasteiger partial charge in [-0.05, 0) is 24.6 Å². The summed E-state index contributed by atoms with van der Waals surface area (Å²) >= 11 is 0. The number of nitrogen functional groups attached to an aromatic ring is 1. The molecule has 4 heteroatoms. The number of carbonyl (C=O) groups is 1. The molecule has 0 amide bonds. The van der Waals surface area contributed by atoms with E-state index in [9.17, 15) is 4.79 Å². The van der Waals surface area contributed by atoms with Gasteiger partial charge in [0.15, 0.2) is 0 Å². The van der Waals surface area contributed by atoms with Gasteiger partial charge in [0.2, 0.25) is 0 Å². The summed E-state index contributed by atoms with van der Waals surface area (Å²) in [7, 11) is 0. The molecule has 1 aromatic heterocycles. The fraction of sp³-hybridized carbons (Fsp3) is 0.100. The molecule has 0 unspecified atom stereocenters. The summed E-state index contributed by atoms with van der Waals surface area (Å²) in [4.78, 5) is 13.8. The molecular formula is C10H10N2O2. The summed E-state index contributed by atoms with van der Waals surface area (Å²) < 4.78 is 0. The number of fused-ring (bicyclic) bond motifs is 1. The molecule has 0 aliphatic carbocycles. The van der Waals surface area contributed by atoms with Crippen molar-refractivity contribution in [2.24, 2.45) is 0 Å². The van der Waals surface area contributed by atoms with E-state index in [1.807, 2.05) is 13.0 Å². The molecule has 0 fully saturated rings. The van der Waals surface area contributed by atoms with Crippen molar-refractivity contribution < 1.29 is 9.90 Å². The number of nitrogens with one attached hydrogen (secondary N) is 1. The minimum Gasteiger partial charge on any atom is -0.478 e. The molecule has 0 aliphatic heterocycles. The van der Waals surface area contributed by atoms with E-state index >= 15 is 0 Å². The standard InChI is InChI=1S/C10H10N2O2/c1-5-2-6(11)3-7-8(10(13)14)4-12-9(5)7/h2-4,12H,11H2,1H3,(H,13,14). The number of hydrogen-bond donors (Lipinski definition) is 3. The van der Waals surface area contributed by atoms with E-state index in [1.165, 1.54) is 6.20 Å². The number of nitrogens with two attached hydrogens (primary N) is 1. The number of carboxylic acid groups (broad SMARTS) is 1. The van der Waals surface area contributed by atoms with Gasteiger partial charge in [-0.15, -0.1) is 0 Å². The first-order chi connectivity index (χ1) is 6.59. The Labute approximate surface area is 80.3 Å². The van der Waals surface area contributed by atoms with Crippen molar-refractivity contribution in [1.82, 2.24) is 4.98 Å². The number of hydrogen-bond acceptors (Lipinski definition) is 2. The van der Waals surface area contributed by atoms with E-state index in [0.717, 1.165) is 11.1 Å². The number of H-pyrrole nitrogens is 1. The van der Waals surface area contributed by atoms with Gasteiger partial charge in [0.05, 0.1) is 5.56 Å². The average molecular weight is 190 g/mol. The van der Waals surface area contributed by atoms with Gasteiger partial charge in [0, 0.05) is 22.8 Å². The lowest BCUT2D eigenvalue weighted by Gasteiger charge is -1.99. The first-order valence-corrected chi connectivity index (χ1v) is 4.20. The zero-order valence-electron chi connectivity index (χ0n) is 7.66. The molecule has 2 aromatic rings. The molecular weight excluding hydrogens is 180 g/mol. The SMILES string of the molecule is Cc1cc(N)cc2c(C(=O)O)c[nH]c12. The molecule has 4 N–H and O–H groups in total. The predicted molar refractivity (Wildman–Crippen MR) is 54.4 cm³/mol. The number of anilines is 1. The molecule has 1 aromatic carbocycles. The van der Waals surface area contributed by atoms with Crippen molar-refractivity contribution in [3.05, 3.63) is 29.5 Å². The van der Waals surface area contributed by atoms with E-state index in [4.69, 9.17) is 10.8 Å². The van der Waals surface area contributed by atoms with Gasteiger partial charge in [-0.3, -0.25) is 0 Å². The maximum absolute atomic E-state index is 10.8. The maximum atomic E-state index is 10.8. The van der Waals surface area contributed by atoms with E-state index in [1.54, 1.807) is 6.07 Å². The Kier molecular flexibility index (Phi) is 1.70. The molecule has 0 atom stereocenters. The molecule has 0 saturated carbocycles. The fourth-order valence-corrected chi connectivity index (χ4v) is 1.62. The van der Waals surface area contributed by atoms with Crippen LogP contribution in [0, 0.1) is 6.92 Å². The number of carboxylic acids is 1. The van der Waals surface area contributed by atoms with Gasteiger partial charge in [-0.25, -0.2) is 4.79 Å². The van der Waals surface area contributed by atoms with Crippen LogP contribution in [-0.4, -0.2) is 16.1 Å². The Morgan fingerprint density at radius 2 is 2.21 bits per heavy atom. The van der Waals surface area contributed by atoms with Gasteiger partial charge < -0.3 is 15.8 Å². The van der Waals surface area contributed by atoms with Crippen LogP contribution in [0.5, 0.6) is 0 Å². The second-order valence-electron chi connectivity index (χ2n) is 3.27. The zero-order valence-corrected chi connectivity index (χ0v) is 7.66. The van der Waals surface area contributed by atoms with Crippen molar-refractivity contribution in [2.45, 2.75) is 6.92 Å². The Morgan fingerprint density at radius 3 is 2.86 bits per heavy atom. The summed E-state index contributed by atoms with van der Waals surface area (Å²) in [6, 6.07) is 3.48. The fourth-order valence-electron chi connectivity index (χ4n) is 1.62. The molecule has 0 aliphatic rings. The third-order valence-corrected chi connectivity index (χ3v) is 2.24. The monoisotopic (exact) mass is 190 g/mol. The number of rotatable bonds is 1. The lowest BCUT2D eigenvalue weighted by atomic mass is 10.1. The van der Waals surface area contributed by atoms with Crippen LogP contribution in [-0.2, 0) is 0 Å². The van der Waals surface area contributed by atoms with Crippen molar-refractivity contribution in [2.75, 3.05) is 5.73 Å². The molecule has 14 heavy (non-hydrogen) atoms. The molecule has 0 bridgehead atoms. The second-order valence-corrected chi connectivity index (χ2v) is 3.27. The number of aryl methyl sites for hydroxylation is 1. The van der Waals surface area contributed by atoms with Gasteiger partial charge in [-0.1, -0.05) is 0 Å². The minimum absolute atomic E-state index is 0.260. The summed E-state index contributed by atoms with van der Waals surface area (Å²) in [6.07, 6.45) is 1.49. The highest BCUT2D eigenvalue weighted by atomic mass is 16.4. The summed E-state index contributed by atoms with van der Waals surface area (Å²) in [5.74, 6) is -0.943. The Bertz CT molecular complexity index is 514. The van der Waals surface area contributed by atoms with Crippen molar-refractivity contribution in [1.29, 1.82) is 0 Å². The van der Waals surface area contributed by atoms with E-state index in [2.05, 4.69) is 4.98 Å². The number of aromatic amines is 1. The number of aromatic nitrogens is 1. The Balaban J connectivity index is 2.85. The lowest BCUT2D eigenvalue weighted by molar-refractivity contribution is 0.0699. The summed E-state index contributed by atoms with van der Waals surface area (Å²) in [5, 5.41) is 9.55. The van der Waals surface area contributed by atoms with E-state index < -0.39 is 5.97 Å². The molecule has 0 saturated heterocycles. The second kappa shape index (κ2) is 2.77. The van der Waals surface area contributed by atoms with Crippen LogP contribution >= 0.6 is 0 Å². The first-order valence-electron chi connectivity index (χ1n) is 4.20. The average Bonchev–Trinajstić information content (AvgIpc) is 2.47. The lowest BCUT2D eigenvalue weighted by Crippen LogP contribution is -1.94. The third-order valence-electron chi connectivity index (χ3n) is 2.24. The van der Waals surface area contributed by atoms with E-state index in [0.29, 0.717) is 11.1 Å². The smallest absolute Gasteiger partial charge is 0.337 e. The van der Waals surface area contributed by atoms with Crippen molar-refractivity contribution in [3.63, 3.8) is 0 Å². The molecule has 0 radical (unpaired) electrons. The molecule has 4 nitrogen and oxygen atoms in total.